The van der Waals surface area contributed by atoms with Crippen molar-refractivity contribution in [2.45, 2.75) is 192 Å². The van der Waals surface area contributed by atoms with Crippen LogP contribution in [-0.2, 0) is 42.8 Å². The number of nitrogens with one attached hydrogen (secondary N) is 3. The first kappa shape index (κ1) is 68.2. The van der Waals surface area contributed by atoms with Crippen LogP contribution in [0.15, 0.2) is 97.1 Å². The molecule has 466 valence electrons. The van der Waals surface area contributed by atoms with Gasteiger partial charge in [-0.1, -0.05) is 214 Å². The zero-order valence-electron chi connectivity index (χ0n) is 51.2. The van der Waals surface area contributed by atoms with Gasteiger partial charge in [0.25, 0.3) is 0 Å². The summed E-state index contributed by atoms with van der Waals surface area (Å²) in [6, 6.07) is 31.8. The number of thioether (sulfide) groups is 1. The van der Waals surface area contributed by atoms with Crippen LogP contribution in [0.1, 0.15) is 202 Å². The number of amides is 3. The predicted octanol–water partition coefficient (Wildman–Crippen LogP) is 15.2. The fourth-order valence-electron chi connectivity index (χ4n) is 11.2. The van der Waals surface area contributed by atoms with Crippen LogP contribution < -0.4 is 16.0 Å². The number of carbonyl (C=O) groups excluding carboxylic acids is 5. The Kier molecular flexibility index (Phi) is 33.1. The number of fused-ring (bicyclic) bond motifs is 6. The molecule has 0 spiro atoms. The smallest absolute Gasteiger partial charge is 0.407 e. The lowest BCUT2D eigenvalue weighted by atomic mass is 9.98. The van der Waals surface area contributed by atoms with Gasteiger partial charge in [-0.25, -0.2) is 9.59 Å². The molecule has 3 amide bonds. The third-order valence-corrected chi connectivity index (χ3v) is 17.1. The van der Waals surface area contributed by atoms with Gasteiger partial charge in [-0.05, 0) is 83.0 Å². The molecule has 2 aliphatic carbocycles. The maximum Gasteiger partial charge on any atom is 0.407 e. The monoisotopic (exact) mass is 1190 g/mol. The van der Waals surface area contributed by atoms with Crippen molar-refractivity contribution in [1.82, 2.24) is 16.0 Å². The van der Waals surface area contributed by atoms with Crippen molar-refractivity contribution in [2.24, 2.45) is 0 Å². The number of ether oxygens (including phenoxy) is 6. The van der Waals surface area contributed by atoms with Crippen LogP contribution in [-0.4, -0.2) is 113 Å². The second-order valence-electron chi connectivity index (χ2n) is 22.7. The molecule has 3 N–H and O–H groups in total. The molecule has 0 saturated carbocycles. The first-order chi connectivity index (χ1) is 41.8. The lowest BCUT2D eigenvalue weighted by Crippen LogP contribution is -2.49. The second kappa shape index (κ2) is 41.2. The highest BCUT2D eigenvalue weighted by Gasteiger charge is 2.31. The number of benzene rings is 4. The number of hydrogen-bond acceptors (Lipinski definition) is 12. The first-order valence-corrected chi connectivity index (χ1v) is 33.5. The van der Waals surface area contributed by atoms with Gasteiger partial charge < -0.3 is 44.4 Å². The molecule has 14 nitrogen and oxygen atoms in total. The van der Waals surface area contributed by atoms with Crippen LogP contribution in [0, 0.1) is 0 Å². The van der Waals surface area contributed by atoms with Gasteiger partial charge in [0.15, 0.2) is 0 Å². The molecule has 0 aromatic heterocycles. The van der Waals surface area contributed by atoms with Gasteiger partial charge in [0.05, 0.1) is 0 Å². The van der Waals surface area contributed by atoms with Crippen LogP contribution in [0.2, 0.25) is 0 Å². The molecule has 6 rings (SSSR count). The maximum atomic E-state index is 13.9. The van der Waals surface area contributed by atoms with Gasteiger partial charge in [0.1, 0.15) is 32.0 Å². The Morgan fingerprint density at radius 3 is 1.31 bits per heavy atom. The average molecular weight is 1190 g/mol. The first-order valence-electron chi connectivity index (χ1n) is 32.3. The van der Waals surface area contributed by atoms with Gasteiger partial charge in [-0.2, -0.15) is 11.8 Å². The van der Waals surface area contributed by atoms with E-state index < -0.39 is 24.3 Å². The topological polar surface area (TPSA) is 177 Å². The van der Waals surface area contributed by atoms with E-state index >= 15 is 0 Å². The fourth-order valence-corrected chi connectivity index (χ4v) is 12.2. The minimum absolute atomic E-state index is 0.0175. The third-order valence-electron chi connectivity index (χ3n) is 15.9. The van der Waals surface area contributed by atoms with Gasteiger partial charge in [0, 0.05) is 75.7 Å². The Morgan fingerprint density at radius 2 is 0.835 bits per heavy atom. The van der Waals surface area contributed by atoms with E-state index in [1.54, 1.807) is 0 Å². The van der Waals surface area contributed by atoms with Crippen LogP contribution in [0.3, 0.4) is 0 Å². The molecule has 0 bridgehead atoms. The van der Waals surface area contributed by atoms with Crippen molar-refractivity contribution in [1.29, 1.82) is 0 Å². The number of unbranched alkanes of at least 4 members (excludes halogenated alkanes) is 17. The van der Waals surface area contributed by atoms with E-state index in [9.17, 15) is 24.0 Å². The SMILES string of the molecule is CCCCCCCCCCCC(=O)OC[C@H](CSC[C@H](NC(=O)OCC1c2ccccc2-c2ccccc21)C(=O)NCCCOCCCCOCCCNC(=O)OCC1c2ccccc2-c2ccccc21)OC(=O)CCCCCCCCCCC. The van der Waals surface area contributed by atoms with Gasteiger partial charge in [-0.3, -0.25) is 14.4 Å². The Hall–Kier alpha value is -5.90. The fraction of sp³-hybridized carbons (Fsp3) is 0.586. The van der Waals surface area contributed by atoms with E-state index in [0.717, 1.165) is 80.0 Å². The van der Waals surface area contributed by atoms with Crippen molar-refractivity contribution in [2.75, 3.05) is 70.8 Å². The molecule has 0 unspecified atom stereocenters. The van der Waals surface area contributed by atoms with Gasteiger partial charge in [0.2, 0.25) is 5.91 Å². The quantitative estimate of drug-likeness (QED) is 0.0217. The molecule has 0 fully saturated rings. The number of hydrogen-bond donors (Lipinski definition) is 3. The van der Waals surface area contributed by atoms with Crippen molar-refractivity contribution >= 4 is 41.8 Å². The van der Waals surface area contributed by atoms with Crippen LogP contribution in [0.25, 0.3) is 22.3 Å². The highest BCUT2D eigenvalue weighted by atomic mass is 32.2. The number of esters is 2. The molecule has 0 heterocycles. The Bertz CT molecular complexity index is 2490. The van der Waals surface area contributed by atoms with Crippen molar-refractivity contribution in [3.8, 4) is 22.3 Å². The Balaban J connectivity index is 0.901. The molecular formula is C70H99N3O11S. The Labute approximate surface area is 512 Å². The lowest BCUT2D eigenvalue weighted by Gasteiger charge is -2.21. The maximum absolute atomic E-state index is 13.9. The third kappa shape index (κ3) is 25.2. The largest absolute Gasteiger partial charge is 0.462 e. The van der Waals surface area contributed by atoms with Crippen molar-refractivity contribution in [3.05, 3.63) is 119 Å². The molecule has 85 heavy (non-hydrogen) atoms. The van der Waals surface area contributed by atoms with Crippen molar-refractivity contribution < 1.29 is 52.4 Å². The summed E-state index contributed by atoms with van der Waals surface area (Å²) in [7, 11) is 0. The normalized spacial score (nSPS) is 13.0. The van der Waals surface area contributed by atoms with Crippen LogP contribution >= 0.6 is 11.8 Å². The van der Waals surface area contributed by atoms with E-state index in [2.05, 4.69) is 78.3 Å². The van der Waals surface area contributed by atoms with E-state index in [-0.39, 0.29) is 67.4 Å². The highest BCUT2D eigenvalue weighted by Crippen LogP contribution is 2.45. The molecule has 4 aromatic rings. The minimum atomic E-state index is -0.974. The summed E-state index contributed by atoms with van der Waals surface area (Å²) in [5.41, 5.74) is 9.14. The summed E-state index contributed by atoms with van der Waals surface area (Å²) in [6.45, 7) is 7.59. The average Bonchev–Trinajstić information content (AvgIpc) is 2.25. The van der Waals surface area contributed by atoms with E-state index in [1.807, 2.05) is 48.5 Å². The highest BCUT2D eigenvalue weighted by molar-refractivity contribution is 7.99. The number of alkyl carbamates (subject to hydrolysis) is 2. The molecule has 2 aliphatic rings. The van der Waals surface area contributed by atoms with Crippen LogP contribution in [0.5, 0.6) is 0 Å². The molecular weight excluding hydrogens is 1090 g/mol. The zero-order chi connectivity index (χ0) is 59.9. The standard InChI is InChI=1S/C70H99N3O11S/c1-3-5-7-9-11-13-15-17-19-41-66(74)81-49-54(84-67(75)42-20-18-16-14-12-10-8-6-4-2)52-85-53-65(73-70(78)83-51-64-61-39-27-23-35-57(61)58-36-24-28-40-62(58)64)68(76)71-43-31-47-79-45-29-30-46-80-48-32-44-72-69(77)82-50-63-59-37-25-21-33-55(59)56-34-22-26-38-60(56)63/h21-28,33-40,54,63-65H,3-20,29-32,41-53H2,1-2H3,(H,71,76)(H,72,77)(H,73,78)/t54-,65+/m1/s1. The predicted molar refractivity (Wildman–Crippen MR) is 340 cm³/mol. The molecule has 2 atom stereocenters. The molecule has 0 aliphatic heterocycles. The van der Waals surface area contributed by atoms with Crippen LogP contribution in [0.4, 0.5) is 9.59 Å². The van der Waals surface area contributed by atoms with Gasteiger partial charge in [-0.15, -0.1) is 0 Å². The molecule has 15 heteroatoms. The summed E-state index contributed by atoms with van der Waals surface area (Å²) in [5, 5.41) is 8.64. The van der Waals surface area contributed by atoms with E-state index in [4.69, 9.17) is 28.4 Å². The van der Waals surface area contributed by atoms with E-state index in [1.165, 1.54) is 105 Å². The van der Waals surface area contributed by atoms with Gasteiger partial charge >= 0.3 is 24.1 Å². The summed E-state index contributed by atoms with van der Waals surface area (Å²) in [6.07, 6.45) is 22.0. The minimum Gasteiger partial charge on any atom is -0.462 e. The number of carbonyl (C=O) groups is 5. The summed E-state index contributed by atoms with van der Waals surface area (Å²) in [4.78, 5) is 66.2. The molecule has 4 aromatic carbocycles. The molecule has 0 radical (unpaired) electrons. The second-order valence-corrected chi connectivity index (χ2v) is 23.8. The van der Waals surface area contributed by atoms with Crippen molar-refractivity contribution in [3.63, 3.8) is 0 Å². The summed E-state index contributed by atoms with van der Waals surface area (Å²) < 4.78 is 34.9. The molecule has 0 saturated heterocycles. The lowest BCUT2D eigenvalue weighted by molar-refractivity contribution is -0.157. The zero-order valence-corrected chi connectivity index (χ0v) is 52.0. The Morgan fingerprint density at radius 1 is 0.435 bits per heavy atom. The summed E-state index contributed by atoms with van der Waals surface area (Å²) >= 11 is 1.34. The van der Waals surface area contributed by atoms with E-state index in [0.29, 0.717) is 58.8 Å². The summed E-state index contributed by atoms with van der Waals surface area (Å²) in [5.74, 6) is -0.749. The number of rotatable bonds is 46.